The molecule has 0 aliphatic rings. The number of ether oxygens (including phenoxy) is 2. The molecular weight excluding hydrogens is 204 g/mol. The van der Waals surface area contributed by atoms with Crippen molar-refractivity contribution in [2.45, 2.75) is 12.6 Å². The zero-order valence-electron chi connectivity index (χ0n) is 9.90. The van der Waals surface area contributed by atoms with Gasteiger partial charge in [0.25, 0.3) is 0 Å². The number of methoxy groups -OCH3 is 2. The second-order valence-electron chi connectivity index (χ2n) is 3.60. The molecule has 4 heteroatoms. The Kier molecular flexibility index (Phi) is 5.85. The van der Waals surface area contributed by atoms with E-state index in [-0.39, 0.29) is 6.10 Å². The summed E-state index contributed by atoms with van der Waals surface area (Å²) >= 11 is 0. The van der Waals surface area contributed by atoms with Gasteiger partial charge in [0.05, 0.1) is 12.7 Å². The van der Waals surface area contributed by atoms with E-state index >= 15 is 0 Å². The van der Waals surface area contributed by atoms with Crippen molar-refractivity contribution < 1.29 is 9.47 Å². The van der Waals surface area contributed by atoms with Crippen LogP contribution in [0.4, 0.5) is 5.69 Å². The summed E-state index contributed by atoms with van der Waals surface area (Å²) < 4.78 is 10.3. The third-order valence-electron chi connectivity index (χ3n) is 2.38. The minimum atomic E-state index is 0.0616. The van der Waals surface area contributed by atoms with Crippen molar-refractivity contribution in [3.8, 4) is 0 Å². The molecule has 0 saturated heterocycles. The summed E-state index contributed by atoms with van der Waals surface area (Å²) in [5.74, 6) is 0. The molecule has 0 saturated carbocycles. The van der Waals surface area contributed by atoms with Crippen molar-refractivity contribution in [1.82, 2.24) is 0 Å². The Labute approximate surface area is 96.7 Å². The van der Waals surface area contributed by atoms with Crippen LogP contribution >= 0.6 is 0 Å². The summed E-state index contributed by atoms with van der Waals surface area (Å²) in [5.41, 5.74) is 7.75. The molecule has 1 aromatic carbocycles. The molecular formula is C12H20N2O2. The lowest BCUT2D eigenvalue weighted by Crippen LogP contribution is -2.26. The molecule has 4 nitrogen and oxygen atoms in total. The molecule has 0 spiro atoms. The lowest BCUT2D eigenvalue weighted by atomic mass is 10.2. The van der Waals surface area contributed by atoms with E-state index in [9.17, 15) is 0 Å². The van der Waals surface area contributed by atoms with E-state index < -0.39 is 0 Å². The van der Waals surface area contributed by atoms with Crippen molar-refractivity contribution in [1.29, 1.82) is 0 Å². The number of benzene rings is 1. The van der Waals surface area contributed by atoms with E-state index in [4.69, 9.17) is 15.2 Å². The van der Waals surface area contributed by atoms with Gasteiger partial charge in [-0.1, -0.05) is 12.1 Å². The maximum atomic E-state index is 5.58. The van der Waals surface area contributed by atoms with Gasteiger partial charge in [-0.2, -0.15) is 0 Å². The van der Waals surface area contributed by atoms with Gasteiger partial charge in [-0.05, 0) is 17.7 Å². The Balaban J connectivity index is 2.46. The van der Waals surface area contributed by atoms with Crippen LogP contribution in [-0.4, -0.2) is 33.5 Å². The van der Waals surface area contributed by atoms with Gasteiger partial charge >= 0.3 is 0 Å². The first kappa shape index (κ1) is 13.0. The Morgan fingerprint density at radius 2 is 2.19 bits per heavy atom. The Morgan fingerprint density at radius 3 is 2.81 bits per heavy atom. The summed E-state index contributed by atoms with van der Waals surface area (Å²) in [6.45, 7) is 1.86. The predicted octanol–water partition coefficient (Wildman–Crippen LogP) is 1.22. The number of nitrogens with two attached hydrogens (primary N) is 1. The fraction of sp³-hybridized carbons (Fsp3) is 0.500. The van der Waals surface area contributed by atoms with E-state index in [1.165, 1.54) is 0 Å². The highest BCUT2D eigenvalue weighted by Gasteiger charge is 2.05. The molecule has 0 fully saturated rings. The number of rotatable bonds is 7. The van der Waals surface area contributed by atoms with Crippen LogP contribution < -0.4 is 11.1 Å². The molecule has 16 heavy (non-hydrogen) atoms. The normalized spacial score (nSPS) is 12.4. The molecule has 1 aromatic rings. The highest BCUT2D eigenvalue weighted by molar-refractivity contribution is 5.45. The Bertz CT molecular complexity index is 305. The van der Waals surface area contributed by atoms with E-state index in [0.717, 1.165) is 17.8 Å². The number of anilines is 1. The fourth-order valence-corrected chi connectivity index (χ4v) is 1.44. The van der Waals surface area contributed by atoms with Crippen LogP contribution in [0.1, 0.15) is 5.56 Å². The Morgan fingerprint density at radius 1 is 1.38 bits per heavy atom. The molecule has 1 unspecified atom stereocenters. The van der Waals surface area contributed by atoms with Gasteiger partial charge in [0.15, 0.2) is 0 Å². The number of nitrogens with one attached hydrogen (secondary N) is 1. The first-order valence-corrected chi connectivity index (χ1v) is 5.34. The molecule has 1 rings (SSSR count). The second-order valence-corrected chi connectivity index (χ2v) is 3.60. The van der Waals surface area contributed by atoms with E-state index in [2.05, 4.69) is 5.32 Å². The van der Waals surface area contributed by atoms with Crippen LogP contribution in [0, 0.1) is 0 Å². The monoisotopic (exact) mass is 224 g/mol. The summed E-state index contributed by atoms with van der Waals surface area (Å²) in [7, 11) is 3.35. The molecule has 3 N–H and O–H groups in total. The van der Waals surface area contributed by atoms with Crippen LogP contribution in [0.15, 0.2) is 24.3 Å². The number of hydrogen-bond donors (Lipinski definition) is 2. The summed E-state index contributed by atoms with van der Waals surface area (Å²) in [4.78, 5) is 0. The van der Waals surface area contributed by atoms with E-state index in [1.807, 2.05) is 24.3 Å². The van der Waals surface area contributed by atoms with Gasteiger partial charge in [-0.25, -0.2) is 0 Å². The number of hydrogen-bond acceptors (Lipinski definition) is 4. The molecule has 0 heterocycles. The van der Waals surface area contributed by atoms with Crippen LogP contribution in [-0.2, 0) is 16.0 Å². The summed E-state index contributed by atoms with van der Waals surface area (Å²) in [6.07, 6.45) is 0.0616. The van der Waals surface area contributed by atoms with Gasteiger partial charge in [0.2, 0.25) is 0 Å². The summed E-state index contributed by atoms with van der Waals surface area (Å²) in [6, 6.07) is 8.05. The molecule has 0 aliphatic heterocycles. The van der Waals surface area contributed by atoms with Crippen LogP contribution in [0.25, 0.3) is 0 Å². The lowest BCUT2D eigenvalue weighted by molar-refractivity contribution is 0.0365. The maximum absolute atomic E-state index is 5.58. The topological polar surface area (TPSA) is 56.5 Å². The third kappa shape index (κ3) is 4.18. The van der Waals surface area contributed by atoms with E-state index in [0.29, 0.717) is 13.2 Å². The quantitative estimate of drug-likeness (QED) is 0.731. The van der Waals surface area contributed by atoms with Crippen LogP contribution in [0.5, 0.6) is 0 Å². The largest absolute Gasteiger partial charge is 0.382 e. The molecule has 0 aromatic heterocycles. The van der Waals surface area contributed by atoms with Gasteiger partial charge in [-0.3, -0.25) is 0 Å². The first-order valence-electron chi connectivity index (χ1n) is 5.34. The average Bonchev–Trinajstić information content (AvgIpc) is 2.34. The zero-order valence-corrected chi connectivity index (χ0v) is 9.90. The highest BCUT2D eigenvalue weighted by Crippen LogP contribution is 2.10. The first-order chi connectivity index (χ1) is 7.80. The lowest BCUT2D eigenvalue weighted by Gasteiger charge is -2.16. The van der Waals surface area contributed by atoms with Crippen molar-refractivity contribution >= 4 is 5.69 Å². The van der Waals surface area contributed by atoms with Gasteiger partial charge in [-0.15, -0.1) is 0 Å². The Hall–Kier alpha value is -1.10. The molecule has 1 atom stereocenters. The standard InChI is InChI=1S/C12H20N2O2/c1-15-9-12(16-2)8-14-11-5-3-4-10(6-11)7-13/h3-6,12,14H,7-9,13H2,1-2H3. The fourth-order valence-electron chi connectivity index (χ4n) is 1.44. The minimum Gasteiger partial charge on any atom is -0.382 e. The smallest absolute Gasteiger partial charge is 0.0976 e. The van der Waals surface area contributed by atoms with Crippen LogP contribution in [0.2, 0.25) is 0 Å². The van der Waals surface area contributed by atoms with Gasteiger partial charge < -0.3 is 20.5 Å². The second kappa shape index (κ2) is 7.22. The maximum Gasteiger partial charge on any atom is 0.0976 e. The zero-order chi connectivity index (χ0) is 11.8. The minimum absolute atomic E-state index is 0.0616. The van der Waals surface area contributed by atoms with Gasteiger partial charge in [0.1, 0.15) is 0 Å². The van der Waals surface area contributed by atoms with Crippen molar-refractivity contribution in [2.24, 2.45) is 5.73 Å². The highest BCUT2D eigenvalue weighted by atomic mass is 16.5. The van der Waals surface area contributed by atoms with E-state index in [1.54, 1.807) is 14.2 Å². The van der Waals surface area contributed by atoms with Gasteiger partial charge in [0, 0.05) is 33.0 Å². The molecule has 0 amide bonds. The average molecular weight is 224 g/mol. The van der Waals surface area contributed by atoms with Crippen molar-refractivity contribution in [3.05, 3.63) is 29.8 Å². The van der Waals surface area contributed by atoms with Crippen molar-refractivity contribution in [3.63, 3.8) is 0 Å². The molecule has 90 valence electrons. The SMILES string of the molecule is COCC(CNc1cccc(CN)c1)OC. The predicted molar refractivity (Wildman–Crippen MR) is 65.5 cm³/mol. The summed E-state index contributed by atoms with van der Waals surface area (Å²) in [5, 5.41) is 3.29. The van der Waals surface area contributed by atoms with Crippen molar-refractivity contribution in [2.75, 3.05) is 32.7 Å². The molecule has 0 radical (unpaired) electrons. The molecule has 0 bridgehead atoms. The third-order valence-corrected chi connectivity index (χ3v) is 2.38. The molecule has 0 aliphatic carbocycles. The van der Waals surface area contributed by atoms with Crippen LogP contribution in [0.3, 0.4) is 0 Å².